The molecule has 0 unspecified atom stereocenters. The zero-order chi connectivity index (χ0) is 11.7. The second kappa shape index (κ2) is 3.96. The van der Waals surface area contributed by atoms with Crippen molar-refractivity contribution in [3.63, 3.8) is 0 Å². The van der Waals surface area contributed by atoms with Gasteiger partial charge in [0.15, 0.2) is 5.82 Å². The number of nitrogens with zero attached hydrogens (tertiary/aromatic N) is 1. The van der Waals surface area contributed by atoms with Crippen molar-refractivity contribution in [2.45, 2.75) is 19.8 Å². The Morgan fingerprint density at radius 1 is 1.44 bits per heavy atom. The zero-order valence-corrected chi connectivity index (χ0v) is 9.26. The van der Waals surface area contributed by atoms with Crippen LogP contribution in [0.1, 0.15) is 28.9 Å². The maximum Gasteiger partial charge on any atom is 0.256 e. The lowest BCUT2D eigenvalue weighted by molar-refractivity contribution is -0.117. The third-order valence-corrected chi connectivity index (χ3v) is 2.59. The number of hydrogen-bond donors (Lipinski definition) is 3. The fourth-order valence-electron chi connectivity index (χ4n) is 1.49. The van der Waals surface area contributed by atoms with Crippen molar-refractivity contribution in [2.24, 2.45) is 5.92 Å². The molecule has 2 amide bonds. The molecular formula is C10H14N4O2. The first-order valence-electron chi connectivity index (χ1n) is 5.21. The number of carbonyl (C=O) groups is 2. The summed E-state index contributed by atoms with van der Waals surface area (Å²) in [5.74, 6) is 0.0947. The van der Waals surface area contributed by atoms with Crippen LogP contribution in [0.5, 0.6) is 0 Å². The first-order valence-corrected chi connectivity index (χ1v) is 5.21. The van der Waals surface area contributed by atoms with Crippen molar-refractivity contribution >= 4 is 17.6 Å². The highest BCUT2D eigenvalue weighted by Crippen LogP contribution is 2.30. The summed E-state index contributed by atoms with van der Waals surface area (Å²) < 4.78 is 0. The molecule has 0 bridgehead atoms. The molecule has 16 heavy (non-hydrogen) atoms. The Hall–Kier alpha value is -1.85. The highest BCUT2D eigenvalue weighted by molar-refractivity contribution is 6.04. The van der Waals surface area contributed by atoms with Gasteiger partial charge in [0.2, 0.25) is 5.91 Å². The molecule has 0 atom stereocenters. The molecule has 1 saturated carbocycles. The molecule has 1 aromatic rings. The number of carbonyl (C=O) groups excluding carboxylic acids is 2. The molecule has 0 spiro atoms. The number of amides is 2. The van der Waals surface area contributed by atoms with Crippen LogP contribution >= 0.6 is 0 Å². The van der Waals surface area contributed by atoms with Gasteiger partial charge in [0.1, 0.15) is 5.56 Å². The van der Waals surface area contributed by atoms with Crippen LogP contribution in [0.4, 0.5) is 5.82 Å². The molecule has 0 aliphatic heterocycles. The Labute approximate surface area is 92.8 Å². The van der Waals surface area contributed by atoms with E-state index in [4.69, 9.17) is 0 Å². The molecular weight excluding hydrogens is 208 g/mol. The molecule has 2 rings (SSSR count). The van der Waals surface area contributed by atoms with Crippen molar-refractivity contribution in [1.29, 1.82) is 0 Å². The first kappa shape index (κ1) is 10.7. The van der Waals surface area contributed by atoms with Crippen molar-refractivity contribution in [3.05, 3.63) is 11.3 Å². The summed E-state index contributed by atoms with van der Waals surface area (Å²) in [6, 6.07) is 0. The Kier molecular flexibility index (Phi) is 2.64. The highest BCUT2D eigenvalue weighted by Gasteiger charge is 2.31. The van der Waals surface area contributed by atoms with Crippen LogP contribution in [0.25, 0.3) is 0 Å². The third-order valence-electron chi connectivity index (χ3n) is 2.59. The second-order valence-electron chi connectivity index (χ2n) is 3.91. The highest BCUT2D eigenvalue weighted by atomic mass is 16.2. The summed E-state index contributed by atoms with van der Waals surface area (Å²) in [4.78, 5) is 23.1. The molecule has 1 fully saturated rings. The topological polar surface area (TPSA) is 86.9 Å². The summed E-state index contributed by atoms with van der Waals surface area (Å²) in [6.45, 7) is 1.74. The Balaban J connectivity index is 2.19. The number of aryl methyl sites for hydroxylation is 1. The minimum atomic E-state index is -0.252. The van der Waals surface area contributed by atoms with Crippen LogP contribution in [0.15, 0.2) is 0 Å². The van der Waals surface area contributed by atoms with E-state index in [1.54, 1.807) is 14.0 Å². The van der Waals surface area contributed by atoms with Gasteiger partial charge in [-0.1, -0.05) is 0 Å². The van der Waals surface area contributed by atoms with Gasteiger partial charge in [0, 0.05) is 18.7 Å². The van der Waals surface area contributed by atoms with Gasteiger partial charge in [-0.05, 0) is 19.8 Å². The number of nitrogens with one attached hydrogen (secondary N) is 3. The third kappa shape index (κ3) is 1.91. The fraction of sp³-hybridized carbons (Fsp3) is 0.500. The van der Waals surface area contributed by atoms with Gasteiger partial charge in [-0.3, -0.25) is 14.7 Å². The minimum Gasteiger partial charge on any atom is -0.355 e. The number of anilines is 1. The van der Waals surface area contributed by atoms with Gasteiger partial charge in [0.25, 0.3) is 5.91 Å². The number of hydrogen-bond acceptors (Lipinski definition) is 3. The van der Waals surface area contributed by atoms with E-state index < -0.39 is 0 Å². The van der Waals surface area contributed by atoms with Crippen molar-refractivity contribution in [1.82, 2.24) is 15.5 Å². The number of rotatable bonds is 3. The fourth-order valence-corrected chi connectivity index (χ4v) is 1.49. The van der Waals surface area contributed by atoms with Crippen LogP contribution in [0, 0.1) is 12.8 Å². The van der Waals surface area contributed by atoms with Crippen molar-refractivity contribution in [2.75, 3.05) is 12.4 Å². The quantitative estimate of drug-likeness (QED) is 0.693. The molecule has 0 radical (unpaired) electrons. The Morgan fingerprint density at radius 3 is 2.69 bits per heavy atom. The standard InChI is InChI=1S/C10H14N4O2/c1-5-7(10(16)11-2)8(14-13-5)12-9(15)6-3-4-6/h6H,3-4H2,1-2H3,(H,11,16)(H2,12,13,14,15). The van der Waals surface area contributed by atoms with Crippen LogP contribution in [0.3, 0.4) is 0 Å². The lowest BCUT2D eigenvalue weighted by Crippen LogP contribution is -2.22. The smallest absolute Gasteiger partial charge is 0.256 e. The minimum absolute atomic E-state index is 0.0587. The number of aromatic nitrogens is 2. The molecule has 1 heterocycles. The van der Waals surface area contributed by atoms with E-state index in [-0.39, 0.29) is 17.7 Å². The number of H-pyrrole nitrogens is 1. The van der Waals surface area contributed by atoms with E-state index in [1.165, 1.54) is 0 Å². The van der Waals surface area contributed by atoms with Crippen molar-refractivity contribution < 1.29 is 9.59 Å². The zero-order valence-electron chi connectivity index (χ0n) is 9.26. The molecule has 1 aliphatic carbocycles. The van der Waals surface area contributed by atoms with Gasteiger partial charge in [-0.2, -0.15) is 5.10 Å². The maximum absolute atomic E-state index is 11.6. The average Bonchev–Trinajstić information content (AvgIpc) is 3.04. The normalized spacial score (nSPS) is 14.6. The Morgan fingerprint density at radius 2 is 2.12 bits per heavy atom. The lowest BCUT2D eigenvalue weighted by Gasteiger charge is -2.03. The van der Waals surface area contributed by atoms with Crippen LogP contribution in [0.2, 0.25) is 0 Å². The number of aromatic amines is 1. The summed E-state index contributed by atoms with van der Waals surface area (Å²) in [5, 5.41) is 11.8. The van der Waals surface area contributed by atoms with E-state index in [0.717, 1.165) is 12.8 Å². The van der Waals surface area contributed by atoms with E-state index in [0.29, 0.717) is 17.1 Å². The summed E-state index contributed by atoms with van der Waals surface area (Å²) in [5.41, 5.74) is 1.04. The maximum atomic E-state index is 11.6. The van der Waals surface area contributed by atoms with E-state index in [9.17, 15) is 9.59 Å². The van der Waals surface area contributed by atoms with Crippen molar-refractivity contribution in [3.8, 4) is 0 Å². The van der Waals surface area contributed by atoms with Crippen LogP contribution in [-0.4, -0.2) is 29.1 Å². The molecule has 1 aromatic heterocycles. The van der Waals surface area contributed by atoms with Gasteiger partial charge < -0.3 is 10.6 Å². The SMILES string of the molecule is CNC(=O)c1c(NC(=O)C2CC2)n[nH]c1C. The van der Waals surface area contributed by atoms with Gasteiger partial charge >= 0.3 is 0 Å². The molecule has 86 valence electrons. The van der Waals surface area contributed by atoms with Gasteiger partial charge in [0.05, 0.1) is 0 Å². The average molecular weight is 222 g/mol. The Bertz CT molecular complexity index is 434. The largest absolute Gasteiger partial charge is 0.355 e. The van der Waals surface area contributed by atoms with Gasteiger partial charge in [-0.25, -0.2) is 0 Å². The molecule has 0 saturated heterocycles. The first-order chi connectivity index (χ1) is 7.63. The molecule has 6 heteroatoms. The lowest BCUT2D eigenvalue weighted by atomic mass is 10.2. The monoisotopic (exact) mass is 222 g/mol. The predicted octanol–water partition coefficient (Wildman–Crippen LogP) is 0.426. The summed E-state index contributed by atoms with van der Waals surface area (Å²) in [7, 11) is 1.54. The van der Waals surface area contributed by atoms with Crippen LogP contribution < -0.4 is 10.6 Å². The molecule has 0 aromatic carbocycles. The molecule has 3 N–H and O–H groups in total. The molecule has 6 nitrogen and oxygen atoms in total. The van der Waals surface area contributed by atoms with E-state index in [1.807, 2.05) is 0 Å². The molecule has 1 aliphatic rings. The second-order valence-corrected chi connectivity index (χ2v) is 3.91. The van der Waals surface area contributed by atoms with Gasteiger partial charge in [-0.15, -0.1) is 0 Å². The summed E-state index contributed by atoms with van der Waals surface area (Å²) in [6.07, 6.45) is 1.84. The van der Waals surface area contributed by atoms with Crippen LogP contribution in [-0.2, 0) is 4.79 Å². The van der Waals surface area contributed by atoms with E-state index >= 15 is 0 Å². The summed E-state index contributed by atoms with van der Waals surface area (Å²) >= 11 is 0. The predicted molar refractivity (Wildman–Crippen MR) is 58.1 cm³/mol. The van der Waals surface area contributed by atoms with E-state index in [2.05, 4.69) is 20.8 Å².